The molecule has 0 amide bonds. The highest BCUT2D eigenvalue weighted by Crippen LogP contribution is 2.11. The van der Waals surface area contributed by atoms with Crippen LogP contribution in [-0.2, 0) is 12.8 Å². The van der Waals surface area contributed by atoms with Crippen molar-refractivity contribution in [2.75, 3.05) is 6.61 Å². The van der Waals surface area contributed by atoms with Crippen LogP contribution in [0, 0.1) is 0 Å². The van der Waals surface area contributed by atoms with Gasteiger partial charge in [-0.15, -0.1) is 0 Å². The lowest BCUT2D eigenvalue weighted by atomic mass is 10.1. The van der Waals surface area contributed by atoms with E-state index in [2.05, 4.69) is 24.1 Å². The van der Waals surface area contributed by atoms with Crippen LogP contribution in [-0.4, -0.2) is 39.1 Å². The van der Waals surface area contributed by atoms with Gasteiger partial charge in [0.2, 0.25) is 0 Å². The largest absolute Gasteiger partial charge is 0.396 e. The van der Waals surface area contributed by atoms with E-state index in [1.165, 1.54) is 19.3 Å². The molecule has 0 aliphatic carbocycles. The highest BCUT2D eigenvalue weighted by Gasteiger charge is 2.08. The Morgan fingerprint density at radius 3 is 2.54 bits per heavy atom. The molecule has 4 nitrogen and oxygen atoms in total. The maximum absolute atomic E-state index is 10.1. The first-order valence-corrected chi connectivity index (χ1v) is 10.2. The van der Waals surface area contributed by atoms with E-state index in [9.17, 15) is 10.2 Å². The summed E-state index contributed by atoms with van der Waals surface area (Å²) in [6, 6.07) is 5.89. The molecular weight excluding hydrogens is 326 g/mol. The predicted molar refractivity (Wildman–Crippen MR) is 107 cm³/mol. The van der Waals surface area contributed by atoms with Crippen LogP contribution in [0.25, 0.3) is 0 Å². The first kappa shape index (κ1) is 22.8. The van der Waals surface area contributed by atoms with E-state index < -0.39 is 6.10 Å². The normalized spacial score (nSPS) is 14.0. The van der Waals surface area contributed by atoms with E-state index >= 15 is 0 Å². The molecule has 1 aromatic heterocycles. The topological polar surface area (TPSA) is 73.6 Å². The molecule has 0 radical (unpaired) electrons. The van der Waals surface area contributed by atoms with E-state index in [1.807, 2.05) is 18.2 Å². The van der Waals surface area contributed by atoms with E-state index in [-0.39, 0.29) is 12.7 Å². The highest BCUT2D eigenvalue weighted by molar-refractivity contribution is 5.12. The van der Waals surface area contributed by atoms with Gasteiger partial charge in [-0.25, -0.2) is 0 Å². The maximum Gasteiger partial charge on any atom is 0.0595 e. The van der Waals surface area contributed by atoms with E-state index in [4.69, 9.17) is 5.11 Å². The molecule has 1 rings (SSSR count). The second kappa shape index (κ2) is 14.9. The Kier molecular flexibility index (Phi) is 13.1. The van der Waals surface area contributed by atoms with Gasteiger partial charge in [0.25, 0.3) is 0 Å². The zero-order valence-corrected chi connectivity index (χ0v) is 16.3. The summed E-state index contributed by atoms with van der Waals surface area (Å²) in [5.41, 5.74) is 1.86. The molecule has 0 aliphatic heterocycles. The number of nitrogens with zero attached hydrogens (tertiary/aromatic N) is 1. The summed E-state index contributed by atoms with van der Waals surface area (Å²) in [4.78, 5) is 4.60. The van der Waals surface area contributed by atoms with Gasteiger partial charge in [0.05, 0.1) is 12.2 Å². The molecule has 0 fully saturated rings. The van der Waals surface area contributed by atoms with Gasteiger partial charge >= 0.3 is 0 Å². The fraction of sp³-hybridized carbons (Fsp3) is 0.682. The molecule has 148 valence electrons. The van der Waals surface area contributed by atoms with Gasteiger partial charge in [-0.2, -0.15) is 0 Å². The average molecular weight is 364 g/mol. The third-order valence-corrected chi connectivity index (χ3v) is 4.54. The zero-order valence-electron chi connectivity index (χ0n) is 16.3. The van der Waals surface area contributed by atoms with E-state index in [0.29, 0.717) is 25.7 Å². The number of allylic oxidation sites excluding steroid dienone is 1. The molecule has 3 N–H and O–H groups in total. The fourth-order valence-electron chi connectivity index (χ4n) is 2.93. The summed E-state index contributed by atoms with van der Waals surface area (Å²) in [6.07, 6.45) is 13.3. The summed E-state index contributed by atoms with van der Waals surface area (Å²) < 4.78 is 0. The van der Waals surface area contributed by atoms with Crippen LogP contribution in [0.2, 0.25) is 0 Å². The minimum Gasteiger partial charge on any atom is -0.396 e. The molecule has 1 aromatic rings. The highest BCUT2D eigenvalue weighted by atomic mass is 16.3. The summed E-state index contributed by atoms with van der Waals surface area (Å²) >= 11 is 0. The van der Waals surface area contributed by atoms with Crippen LogP contribution in [0.1, 0.15) is 76.1 Å². The van der Waals surface area contributed by atoms with Crippen molar-refractivity contribution in [3.63, 3.8) is 0 Å². The number of aliphatic hydroxyl groups is 3. The average Bonchev–Trinajstić information content (AvgIpc) is 2.63. The van der Waals surface area contributed by atoms with Crippen LogP contribution in [0.3, 0.4) is 0 Å². The van der Waals surface area contributed by atoms with Crippen LogP contribution >= 0.6 is 0 Å². The Labute approximate surface area is 159 Å². The van der Waals surface area contributed by atoms with E-state index in [1.54, 1.807) is 0 Å². The number of hydrogen-bond donors (Lipinski definition) is 3. The molecule has 0 spiro atoms. The molecule has 2 atom stereocenters. The first-order chi connectivity index (χ1) is 12.7. The third kappa shape index (κ3) is 11.4. The summed E-state index contributed by atoms with van der Waals surface area (Å²) in [7, 11) is 0. The monoisotopic (exact) mass is 363 g/mol. The molecule has 0 aliphatic rings. The van der Waals surface area contributed by atoms with Crippen LogP contribution in [0.4, 0.5) is 0 Å². The van der Waals surface area contributed by atoms with Crippen LogP contribution in [0.15, 0.2) is 30.4 Å². The van der Waals surface area contributed by atoms with Gasteiger partial charge in [-0.1, -0.05) is 38.0 Å². The van der Waals surface area contributed by atoms with Gasteiger partial charge in [-0.3, -0.25) is 4.98 Å². The molecule has 2 unspecified atom stereocenters. The van der Waals surface area contributed by atoms with E-state index in [0.717, 1.165) is 37.1 Å². The lowest BCUT2D eigenvalue weighted by Crippen LogP contribution is -2.13. The number of pyridine rings is 1. The second-order valence-electron chi connectivity index (χ2n) is 7.09. The zero-order chi connectivity index (χ0) is 19.0. The number of rotatable bonds is 15. The maximum atomic E-state index is 10.1. The van der Waals surface area contributed by atoms with Crippen molar-refractivity contribution in [3.05, 3.63) is 41.7 Å². The molecular formula is C22H37NO3. The lowest BCUT2D eigenvalue weighted by Gasteiger charge is -2.11. The quantitative estimate of drug-likeness (QED) is 0.326. The fourth-order valence-corrected chi connectivity index (χ4v) is 2.93. The van der Waals surface area contributed by atoms with Gasteiger partial charge in [-0.05, 0) is 63.5 Å². The Balaban J connectivity index is 2.30. The molecule has 1 heterocycles. The van der Waals surface area contributed by atoms with Crippen molar-refractivity contribution in [1.29, 1.82) is 0 Å². The van der Waals surface area contributed by atoms with Crippen molar-refractivity contribution in [2.45, 2.75) is 89.8 Å². The smallest absolute Gasteiger partial charge is 0.0595 e. The first-order valence-electron chi connectivity index (χ1n) is 10.2. The predicted octanol–water partition coefficient (Wildman–Crippen LogP) is 3.97. The van der Waals surface area contributed by atoms with Crippen molar-refractivity contribution in [1.82, 2.24) is 4.98 Å². The molecule has 0 aromatic carbocycles. The minimum atomic E-state index is -0.410. The van der Waals surface area contributed by atoms with Crippen LogP contribution in [0.5, 0.6) is 0 Å². The Morgan fingerprint density at radius 2 is 1.77 bits per heavy atom. The number of hydrogen-bond acceptors (Lipinski definition) is 4. The Hall–Kier alpha value is -1.23. The number of aromatic nitrogens is 1. The van der Waals surface area contributed by atoms with Crippen molar-refractivity contribution in [3.8, 4) is 0 Å². The van der Waals surface area contributed by atoms with Crippen LogP contribution < -0.4 is 0 Å². The molecule has 0 bridgehead atoms. The van der Waals surface area contributed by atoms with Crippen molar-refractivity contribution < 1.29 is 15.3 Å². The summed E-state index contributed by atoms with van der Waals surface area (Å²) in [5, 5.41) is 28.9. The summed E-state index contributed by atoms with van der Waals surface area (Å²) in [6.45, 7) is 2.38. The molecule has 0 saturated heterocycles. The van der Waals surface area contributed by atoms with Crippen molar-refractivity contribution >= 4 is 0 Å². The molecule has 0 saturated carbocycles. The SMILES string of the molecule is CCCCC/C=C/CC(O)CCc1cccc(CC(O)CCCCO)n1. The summed E-state index contributed by atoms with van der Waals surface area (Å²) in [5.74, 6) is 0. The Bertz CT molecular complexity index is 490. The number of aliphatic hydroxyl groups excluding tert-OH is 3. The molecule has 4 heteroatoms. The number of aryl methyl sites for hydroxylation is 1. The standard InChI is InChI=1S/C22H37NO3/c1-2-3-4-5-6-7-13-21(25)16-15-19-11-10-12-20(23-19)18-22(26)14-8-9-17-24/h6-7,10-12,21-22,24-26H,2-5,8-9,13-18H2,1H3/b7-6+. The lowest BCUT2D eigenvalue weighted by molar-refractivity contribution is 0.156. The van der Waals surface area contributed by atoms with Crippen molar-refractivity contribution in [2.24, 2.45) is 0 Å². The third-order valence-electron chi connectivity index (χ3n) is 4.54. The second-order valence-corrected chi connectivity index (χ2v) is 7.09. The Morgan fingerprint density at radius 1 is 0.962 bits per heavy atom. The number of unbranched alkanes of at least 4 members (excludes halogenated alkanes) is 4. The van der Waals surface area contributed by atoms with Gasteiger partial charge < -0.3 is 15.3 Å². The minimum absolute atomic E-state index is 0.177. The van der Waals surface area contributed by atoms with Gasteiger partial charge in [0, 0.05) is 24.4 Å². The van der Waals surface area contributed by atoms with Gasteiger partial charge in [0.15, 0.2) is 0 Å². The molecule has 26 heavy (non-hydrogen) atoms. The van der Waals surface area contributed by atoms with Gasteiger partial charge in [0.1, 0.15) is 0 Å².